The standard InChI is InChI=1S/C43H51F2N5O4/c1-6-33-36(45)13-11-29-20-32(51)22-35(39(29)33)28-10-12-34-37(21-28)47-41(48-40(34)46-25-42(16-8-9-17-42)49(5)38(52)7-2)54-26-43(27(3)4)23-30(44)24-50(43)31-14-18-53-19-15-31/h1,7,11,13,20-22,27,30-31,51H,2,8-10,12,14-19,23-26H2,3-5H3,(H,46,47,48)/t30-,43+/m1/s1. The van der Waals surface area contributed by atoms with E-state index in [1.54, 1.807) is 23.1 Å². The van der Waals surface area contributed by atoms with Crippen molar-refractivity contribution >= 4 is 34.1 Å². The summed E-state index contributed by atoms with van der Waals surface area (Å²) in [5, 5.41) is 15.5. The van der Waals surface area contributed by atoms with Gasteiger partial charge in [0.2, 0.25) is 5.91 Å². The third-order valence-electron chi connectivity index (χ3n) is 12.6. The summed E-state index contributed by atoms with van der Waals surface area (Å²) < 4.78 is 42.6. The van der Waals surface area contributed by atoms with Crippen molar-refractivity contribution in [2.45, 2.75) is 94.9 Å². The molecule has 2 aliphatic carbocycles. The minimum atomic E-state index is -0.973. The molecule has 4 aliphatic rings. The smallest absolute Gasteiger partial charge is 0.318 e. The molecule has 2 atom stereocenters. The molecule has 1 aromatic heterocycles. The van der Waals surface area contributed by atoms with E-state index in [-0.39, 0.29) is 41.8 Å². The summed E-state index contributed by atoms with van der Waals surface area (Å²) in [7, 11) is 1.83. The fraction of sp³-hybridized carbons (Fsp3) is 0.512. The zero-order chi connectivity index (χ0) is 38.2. The SMILES string of the molecule is C#Cc1c(F)ccc2cc(O)cc(C3=Cc4nc(OC[C@]5(C(C)C)C[C@@H](F)CN5C5CCOCC5)nc(NCC5(N(C)C(=O)C=C)CCCC5)c4CC3)c12. The number of anilines is 1. The third kappa shape index (κ3) is 6.95. The molecule has 2 aliphatic heterocycles. The van der Waals surface area contributed by atoms with Crippen molar-refractivity contribution in [2.24, 2.45) is 5.92 Å². The number of likely N-dealkylation sites (tertiary alicyclic amines) is 1. The second-order valence-corrected chi connectivity index (χ2v) is 15.8. The van der Waals surface area contributed by atoms with Crippen LogP contribution in [0.1, 0.15) is 87.6 Å². The number of nitrogens with one attached hydrogen (secondary N) is 1. The number of alkyl halides is 1. The molecule has 9 nitrogen and oxygen atoms in total. The molecule has 3 fully saturated rings. The summed E-state index contributed by atoms with van der Waals surface area (Å²) in [4.78, 5) is 26.9. The first kappa shape index (κ1) is 37.8. The Morgan fingerprint density at radius 1 is 1.24 bits per heavy atom. The highest BCUT2D eigenvalue weighted by atomic mass is 19.1. The number of halogens is 2. The summed E-state index contributed by atoms with van der Waals surface area (Å²) in [5.41, 5.74) is 2.15. The molecule has 7 rings (SSSR count). The van der Waals surface area contributed by atoms with Crippen LogP contribution >= 0.6 is 0 Å². The lowest BCUT2D eigenvalue weighted by molar-refractivity contribution is -0.129. The zero-order valence-corrected chi connectivity index (χ0v) is 31.6. The fourth-order valence-electron chi connectivity index (χ4n) is 9.40. The number of carbonyl (C=O) groups excluding carboxylic acids is 1. The van der Waals surface area contributed by atoms with Crippen LogP contribution in [0.15, 0.2) is 36.9 Å². The van der Waals surface area contributed by atoms with E-state index in [4.69, 9.17) is 25.9 Å². The van der Waals surface area contributed by atoms with Crippen LogP contribution in [0.25, 0.3) is 22.4 Å². The van der Waals surface area contributed by atoms with Gasteiger partial charge in [-0.2, -0.15) is 9.97 Å². The van der Waals surface area contributed by atoms with Gasteiger partial charge in [-0.25, -0.2) is 8.78 Å². The number of likely N-dealkylation sites (N-methyl/N-ethyl adjacent to an activating group) is 1. The van der Waals surface area contributed by atoms with Gasteiger partial charge in [0.25, 0.3) is 0 Å². The molecular formula is C43H51F2N5O4. The topological polar surface area (TPSA) is 100 Å². The highest BCUT2D eigenvalue weighted by Gasteiger charge is 2.51. The first-order valence-corrected chi connectivity index (χ1v) is 19.3. The van der Waals surface area contributed by atoms with E-state index in [1.165, 1.54) is 12.1 Å². The lowest BCUT2D eigenvalue weighted by atomic mass is 9.83. The predicted molar refractivity (Wildman–Crippen MR) is 208 cm³/mol. The first-order chi connectivity index (χ1) is 26.0. The summed E-state index contributed by atoms with van der Waals surface area (Å²) in [6.45, 7) is 10.3. The average molecular weight is 740 g/mol. The third-order valence-corrected chi connectivity index (χ3v) is 12.6. The Balaban J connectivity index is 1.29. The lowest BCUT2D eigenvalue weighted by Crippen LogP contribution is -2.57. The molecule has 0 bridgehead atoms. The molecular weight excluding hydrogens is 688 g/mol. The Bertz CT molecular complexity index is 2000. The van der Waals surface area contributed by atoms with Crippen LogP contribution in [0.2, 0.25) is 0 Å². The number of hydrogen-bond donors (Lipinski definition) is 2. The molecule has 3 aromatic rings. The van der Waals surface area contributed by atoms with Crippen molar-refractivity contribution in [1.29, 1.82) is 0 Å². The number of fused-ring (bicyclic) bond motifs is 2. The van der Waals surface area contributed by atoms with Crippen LogP contribution < -0.4 is 10.1 Å². The number of hydrogen-bond acceptors (Lipinski definition) is 8. The van der Waals surface area contributed by atoms with Gasteiger partial charge in [-0.1, -0.05) is 45.3 Å². The fourth-order valence-corrected chi connectivity index (χ4v) is 9.40. The van der Waals surface area contributed by atoms with E-state index in [0.29, 0.717) is 73.4 Å². The summed E-state index contributed by atoms with van der Waals surface area (Å²) in [6.07, 6.45) is 15.0. The Morgan fingerprint density at radius 2 is 2.00 bits per heavy atom. The second-order valence-electron chi connectivity index (χ2n) is 15.8. The number of phenols is 1. The highest BCUT2D eigenvalue weighted by Crippen LogP contribution is 2.43. The van der Waals surface area contributed by atoms with E-state index >= 15 is 8.78 Å². The normalized spacial score (nSPS) is 22.8. The lowest BCUT2D eigenvalue weighted by Gasteiger charge is -2.46. The number of aromatic hydroxyl groups is 1. The Hall–Kier alpha value is -4.53. The van der Waals surface area contributed by atoms with E-state index in [1.807, 2.05) is 13.1 Å². The van der Waals surface area contributed by atoms with Crippen molar-refractivity contribution in [3.63, 3.8) is 0 Å². The van der Waals surface area contributed by atoms with Gasteiger partial charge in [0.05, 0.1) is 22.3 Å². The van der Waals surface area contributed by atoms with Gasteiger partial charge < -0.3 is 24.8 Å². The van der Waals surface area contributed by atoms with Crippen molar-refractivity contribution in [3.8, 4) is 24.1 Å². The molecule has 54 heavy (non-hydrogen) atoms. The molecule has 3 heterocycles. The molecule has 2 aromatic carbocycles. The number of benzene rings is 2. The maximum Gasteiger partial charge on any atom is 0.318 e. The van der Waals surface area contributed by atoms with Crippen molar-refractivity contribution in [2.75, 3.05) is 45.3 Å². The number of carbonyl (C=O) groups is 1. The number of aromatic nitrogens is 2. The molecule has 2 N–H and O–H groups in total. The van der Waals surface area contributed by atoms with Crippen molar-refractivity contribution in [1.82, 2.24) is 19.8 Å². The molecule has 1 saturated carbocycles. The largest absolute Gasteiger partial charge is 0.508 e. The first-order valence-electron chi connectivity index (χ1n) is 19.3. The Labute approximate surface area is 316 Å². The minimum absolute atomic E-state index is 0.0451. The number of ether oxygens (including phenoxy) is 2. The molecule has 0 spiro atoms. The van der Waals surface area contributed by atoms with E-state index < -0.39 is 23.1 Å². The van der Waals surface area contributed by atoms with Crippen LogP contribution in [-0.4, -0.2) is 94.0 Å². The number of rotatable bonds is 11. The molecule has 0 unspecified atom stereocenters. The van der Waals surface area contributed by atoms with Gasteiger partial charge in [-0.3, -0.25) is 9.69 Å². The van der Waals surface area contributed by atoms with E-state index in [0.717, 1.165) is 49.7 Å². The van der Waals surface area contributed by atoms with Crippen LogP contribution in [0.3, 0.4) is 0 Å². The molecule has 0 radical (unpaired) electrons. The van der Waals surface area contributed by atoms with E-state index in [9.17, 15) is 9.90 Å². The van der Waals surface area contributed by atoms with Gasteiger partial charge >= 0.3 is 6.01 Å². The summed E-state index contributed by atoms with van der Waals surface area (Å²) in [6, 6.07) is 6.51. The second kappa shape index (κ2) is 15.3. The number of allylic oxidation sites excluding steroid dienone is 1. The van der Waals surface area contributed by atoms with Crippen LogP contribution in [0.4, 0.5) is 14.6 Å². The monoisotopic (exact) mass is 739 g/mol. The van der Waals surface area contributed by atoms with Gasteiger partial charge in [-0.05, 0) is 91.3 Å². The van der Waals surface area contributed by atoms with Crippen molar-refractivity contribution in [3.05, 3.63) is 65.1 Å². The summed E-state index contributed by atoms with van der Waals surface area (Å²) in [5.74, 6) is 2.63. The number of terminal acetylenes is 1. The van der Waals surface area contributed by atoms with Gasteiger partial charge in [-0.15, -0.1) is 6.42 Å². The summed E-state index contributed by atoms with van der Waals surface area (Å²) >= 11 is 0. The predicted octanol–water partition coefficient (Wildman–Crippen LogP) is 7.31. The van der Waals surface area contributed by atoms with Crippen molar-refractivity contribution < 1.29 is 28.2 Å². The Morgan fingerprint density at radius 3 is 2.70 bits per heavy atom. The molecule has 11 heteroatoms. The Kier molecular flexibility index (Phi) is 10.7. The molecule has 2 saturated heterocycles. The average Bonchev–Trinajstić information content (AvgIpc) is 3.81. The van der Waals surface area contributed by atoms with Gasteiger partial charge in [0.15, 0.2) is 0 Å². The quantitative estimate of drug-likeness (QED) is 0.156. The van der Waals surface area contributed by atoms with Crippen LogP contribution in [-0.2, 0) is 16.0 Å². The highest BCUT2D eigenvalue weighted by molar-refractivity contribution is 6.02. The number of amides is 1. The van der Waals surface area contributed by atoms with Gasteiger partial charge in [0, 0.05) is 56.8 Å². The maximum absolute atomic E-state index is 15.4. The van der Waals surface area contributed by atoms with Crippen LogP contribution in [0.5, 0.6) is 11.8 Å². The zero-order valence-electron chi connectivity index (χ0n) is 31.6. The number of phenolic OH excluding ortho intramolecular Hbond substituents is 1. The number of nitrogens with zero attached hydrogens (tertiary/aromatic N) is 4. The van der Waals surface area contributed by atoms with E-state index in [2.05, 4.69) is 36.6 Å². The molecule has 1 amide bonds. The van der Waals surface area contributed by atoms with Gasteiger partial charge in [0.1, 0.15) is 30.2 Å². The van der Waals surface area contributed by atoms with Crippen LogP contribution in [0, 0.1) is 24.1 Å². The molecule has 286 valence electrons. The maximum atomic E-state index is 15.4. The minimum Gasteiger partial charge on any atom is -0.508 e.